The van der Waals surface area contributed by atoms with Crippen molar-refractivity contribution in [1.29, 1.82) is 0 Å². The summed E-state index contributed by atoms with van der Waals surface area (Å²) in [5.74, 6) is 0.0940. The number of sulfonamides is 2. The average molecular weight is 663 g/mol. The first-order valence-corrected chi connectivity index (χ1v) is 19.6. The lowest BCUT2D eigenvalue weighted by Gasteiger charge is -2.95. The van der Waals surface area contributed by atoms with Crippen LogP contribution in [0.3, 0.4) is 0 Å². The van der Waals surface area contributed by atoms with Crippen molar-refractivity contribution >= 4 is 20.0 Å². The molecule has 0 bridgehead atoms. The van der Waals surface area contributed by atoms with Gasteiger partial charge in [0.1, 0.15) is 0 Å². The van der Waals surface area contributed by atoms with Gasteiger partial charge in [0.2, 0.25) is 20.0 Å². The molecule has 6 nitrogen and oxygen atoms in total. The summed E-state index contributed by atoms with van der Waals surface area (Å²) in [6.07, 6.45) is 4.82. The molecule has 7 rings (SSSR count). The summed E-state index contributed by atoms with van der Waals surface area (Å²) in [6, 6.07) is 14.3. The molecule has 5 aliphatic rings. The highest BCUT2D eigenvalue weighted by Gasteiger charge is 3.00. The summed E-state index contributed by atoms with van der Waals surface area (Å²) in [5, 5.41) is 0. The quantitative estimate of drug-likeness (QED) is 0.324. The molecule has 0 unspecified atom stereocenters. The second-order valence-electron chi connectivity index (χ2n) is 17.5. The van der Waals surface area contributed by atoms with Crippen LogP contribution in [-0.2, 0) is 20.0 Å². The van der Waals surface area contributed by atoms with E-state index in [1.807, 2.05) is 38.1 Å². The van der Waals surface area contributed by atoms with E-state index < -0.39 is 20.0 Å². The van der Waals surface area contributed by atoms with E-state index in [-0.39, 0.29) is 44.3 Å². The fourth-order valence-electron chi connectivity index (χ4n) is 11.1. The number of hydrogen-bond donors (Lipinski definition) is 0. The second-order valence-corrected chi connectivity index (χ2v) is 21.3. The molecule has 2 heterocycles. The Kier molecular flexibility index (Phi) is 6.49. The third-order valence-corrected chi connectivity index (χ3v) is 16.4. The molecule has 3 saturated carbocycles. The lowest BCUT2D eigenvalue weighted by molar-refractivity contribution is -0.395. The van der Waals surface area contributed by atoms with Gasteiger partial charge in [0, 0.05) is 59.7 Å². The van der Waals surface area contributed by atoms with Crippen LogP contribution in [0.15, 0.2) is 81.6 Å². The van der Waals surface area contributed by atoms with Gasteiger partial charge in [0.15, 0.2) is 0 Å². The minimum atomic E-state index is -3.74. The van der Waals surface area contributed by atoms with Crippen LogP contribution < -0.4 is 0 Å². The van der Waals surface area contributed by atoms with Crippen molar-refractivity contribution in [3.63, 3.8) is 0 Å². The first-order valence-electron chi connectivity index (χ1n) is 16.7. The maximum Gasteiger partial charge on any atom is 0.243 e. The Hall–Kier alpha value is -2.26. The maximum absolute atomic E-state index is 14.3. The fourth-order valence-corrected chi connectivity index (χ4v) is 14.1. The smallest absolute Gasteiger partial charge is 0.207 e. The monoisotopic (exact) mass is 662 g/mol. The molecule has 8 heteroatoms. The van der Waals surface area contributed by atoms with Crippen LogP contribution in [0, 0.1) is 58.2 Å². The number of allylic oxidation sites excluding steroid dienone is 2. The van der Waals surface area contributed by atoms with Gasteiger partial charge in [-0.1, -0.05) is 114 Å². The van der Waals surface area contributed by atoms with Crippen LogP contribution in [0.25, 0.3) is 0 Å². The summed E-state index contributed by atoms with van der Waals surface area (Å²) in [6.45, 7) is 23.7. The van der Waals surface area contributed by atoms with E-state index in [9.17, 15) is 16.8 Å². The van der Waals surface area contributed by atoms with Crippen molar-refractivity contribution in [2.75, 3.05) is 26.2 Å². The second kappa shape index (κ2) is 9.25. The third-order valence-electron chi connectivity index (χ3n) is 12.8. The SMILES string of the molecule is Cc1ccc(S(=O)(=O)N2C[C@@H]3/C(=C\C(C)(C)C)[C@@]4(C)[C@]5(C)/C(=C/C(C)(C)C)[C@H]6CN(S(=O)(=O)c7ccc(C)cc7)C[C@]65[C@@]34C2)cc1. The zero-order valence-electron chi connectivity index (χ0n) is 29.1. The van der Waals surface area contributed by atoms with Gasteiger partial charge in [0.05, 0.1) is 9.79 Å². The van der Waals surface area contributed by atoms with Crippen molar-refractivity contribution in [3.05, 3.63) is 83.0 Å². The predicted octanol–water partition coefficient (Wildman–Crippen LogP) is 7.22. The first kappa shape index (κ1) is 32.3. The van der Waals surface area contributed by atoms with Crippen molar-refractivity contribution in [1.82, 2.24) is 8.61 Å². The zero-order chi connectivity index (χ0) is 33.7. The molecule has 248 valence electrons. The lowest BCUT2D eigenvalue weighted by Crippen LogP contribution is -2.93. The molecule has 0 amide bonds. The molecule has 6 atom stereocenters. The number of nitrogens with zero attached hydrogens (tertiary/aromatic N) is 2. The van der Waals surface area contributed by atoms with E-state index in [0.717, 1.165) is 11.1 Å². The minimum Gasteiger partial charge on any atom is -0.207 e. The molecule has 2 saturated heterocycles. The summed E-state index contributed by atoms with van der Waals surface area (Å²) >= 11 is 0. The number of hydrogen-bond acceptors (Lipinski definition) is 4. The van der Waals surface area contributed by atoms with E-state index in [1.165, 1.54) is 11.1 Å². The molecule has 2 aliphatic heterocycles. The van der Waals surface area contributed by atoms with Crippen molar-refractivity contribution in [2.45, 2.75) is 79.0 Å². The highest BCUT2D eigenvalue weighted by Crippen LogP contribution is 3.01. The van der Waals surface area contributed by atoms with Crippen molar-refractivity contribution in [3.8, 4) is 0 Å². The highest BCUT2D eigenvalue weighted by molar-refractivity contribution is 7.89. The molecule has 0 radical (unpaired) electrons. The summed E-state index contributed by atoms with van der Waals surface area (Å²) in [4.78, 5) is 0.652. The van der Waals surface area contributed by atoms with Gasteiger partial charge in [-0.2, -0.15) is 8.61 Å². The van der Waals surface area contributed by atoms with Gasteiger partial charge in [-0.15, -0.1) is 0 Å². The van der Waals surface area contributed by atoms with Crippen LogP contribution in [-0.4, -0.2) is 51.6 Å². The van der Waals surface area contributed by atoms with Gasteiger partial charge < -0.3 is 0 Å². The Balaban J connectivity index is 1.40. The molecule has 3 aliphatic carbocycles. The van der Waals surface area contributed by atoms with Gasteiger partial charge in [-0.25, -0.2) is 16.8 Å². The number of fused-ring (bicyclic) bond motifs is 1. The Morgan fingerprint density at radius 2 is 0.913 bits per heavy atom. The molecule has 0 aromatic heterocycles. The predicted molar refractivity (Wildman–Crippen MR) is 183 cm³/mol. The molecular weight excluding hydrogens is 613 g/mol. The van der Waals surface area contributed by atoms with E-state index in [1.54, 1.807) is 32.9 Å². The minimum absolute atomic E-state index is 0.0470. The van der Waals surface area contributed by atoms with Crippen molar-refractivity contribution in [2.24, 2.45) is 44.3 Å². The van der Waals surface area contributed by atoms with Crippen LogP contribution in [0.4, 0.5) is 0 Å². The molecule has 2 aromatic carbocycles. The molecule has 2 spiro atoms. The molecule has 5 fully saturated rings. The topological polar surface area (TPSA) is 74.8 Å². The Bertz CT molecular complexity index is 1770. The Labute approximate surface area is 277 Å². The maximum atomic E-state index is 14.3. The standard InChI is InChI=1S/C38H50N2O4S2/c1-25-11-15-27(16-12-25)45(41,42)39-21-31-29(19-33(3,4)5)35(9)36(10)30(20-34(6,7)8)32-22-40(24-38(32,36)37(31,35)23-39)46(43,44)28-17-13-26(2)14-18-28/h11-20,31-32H,21-24H2,1-10H3/b29-19+,30-20+/t31-,32-,35+,36+,37+,38+/m1/s1. The van der Waals surface area contributed by atoms with E-state index in [2.05, 4.69) is 67.5 Å². The summed E-state index contributed by atoms with van der Waals surface area (Å²) < 4.78 is 60.6. The van der Waals surface area contributed by atoms with Gasteiger partial charge >= 0.3 is 0 Å². The van der Waals surface area contributed by atoms with Gasteiger partial charge in [-0.05, 0) is 48.9 Å². The van der Waals surface area contributed by atoms with Gasteiger partial charge in [-0.3, -0.25) is 0 Å². The number of rotatable bonds is 4. The Morgan fingerprint density at radius 1 is 0.609 bits per heavy atom. The van der Waals surface area contributed by atoms with E-state index in [4.69, 9.17) is 0 Å². The van der Waals surface area contributed by atoms with E-state index in [0.29, 0.717) is 36.0 Å². The molecular formula is C38H50N2O4S2. The van der Waals surface area contributed by atoms with Crippen molar-refractivity contribution < 1.29 is 16.8 Å². The van der Waals surface area contributed by atoms with E-state index >= 15 is 0 Å². The van der Waals surface area contributed by atoms with Crippen LogP contribution >= 0.6 is 0 Å². The average Bonchev–Trinajstić information content (AvgIpc) is 3.53. The lowest BCUT2D eigenvalue weighted by atomic mass is 9.07. The summed E-state index contributed by atoms with van der Waals surface area (Å²) in [5.41, 5.74) is 3.29. The van der Waals surface area contributed by atoms with Crippen LogP contribution in [0.5, 0.6) is 0 Å². The van der Waals surface area contributed by atoms with Crippen LogP contribution in [0.2, 0.25) is 0 Å². The zero-order valence-corrected chi connectivity index (χ0v) is 30.7. The molecule has 0 N–H and O–H groups in total. The first-order chi connectivity index (χ1) is 21.1. The van der Waals surface area contributed by atoms with Gasteiger partial charge in [0.25, 0.3) is 0 Å². The molecule has 2 aromatic rings. The largest absolute Gasteiger partial charge is 0.243 e. The van der Waals surface area contributed by atoms with Crippen LogP contribution in [0.1, 0.15) is 66.5 Å². The highest BCUT2D eigenvalue weighted by atomic mass is 32.2. The number of benzene rings is 2. The number of aryl methyl sites for hydroxylation is 2. The molecule has 46 heavy (non-hydrogen) atoms. The summed E-state index contributed by atoms with van der Waals surface area (Å²) in [7, 11) is -7.49. The normalized spacial score (nSPS) is 37.6. The Morgan fingerprint density at radius 3 is 1.20 bits per heavy atom. The fraction of sp³-hybridized carbons (Fsp3) is 0.579. The third kappa shape index (κ3) is 3.65.